The first-order chi connectivity index (χ1) is 11.8. The quantitative estimate of drug-likeness (QED) is 0.676. The van der Waals surface area contributed by atoms with Gasteiger partial charge in [-0.05, 0) is 76.7 Å². The van der Waals surface area contributed by atoms with Crippen molar-refractivity contribution in [1.82, 2.24) is 9.80 Å². The van der Waals surface area contributed by atoms with Crippen LogP contribution in [0.25, 0.3) is 0 Å². The Balaban J connectivity index is 1.58. The summed E-state index contributed by atoms with van der Waals surface area (Å²) < 4.78 is 0. The third-order valence-electron chi connectivity index (χ3n) is 5.32. The number of nitrogens with zero attached hydrogens (tertiary/aromatic N) is 3. The number of nitrogens with one attached hydrogen (secondary N) is 1. The van der Waals surface area contributed by atoms with Gasteiger partial charge in [0.05, 0.1) is 0 Å². The van der Waals surface area contributed by atoms with Crippen molar-refractivity contribution in [3.63, 3.8) is 0 Å². The average Bonchev–Trinajstić information content (AvgIpc) is 2.64. The van der Waals surface area contributed by atoms with E-state index in [1.54, 1.807) is 0 Å². The predicted octanol–water partition coefficient (Wildman–Crippen LogP) is 3.67. The zero-order valence-corrected chi connectivity index (χ0v) is 15.1. The van der Waals surface area contributed by atoms with Gasteiger partial charge in [-0.25, -0.2) is 0 Å². The predicted molar refractivity (Wildman–Crippen MR) is 103 cm³/mol. The minimum absolute atomic E-state index is 0.851. The number of piperidine rings is 2. The minimum Gasteiger partial charge on any atom is -0.343 e. The molecule has 0 unspecified atom stereocenters. The molecule has 3 rings (SSSR count). The molecule has 2 aliphatic heterocycles. The Morgan fingerprint density at radius 3 is 2.46 bits per heavy atom. The molecule has 132 valence electrons. The van der Waals surface area contributed by atoms with E-state index in [-0.39, 0.29) is 0 Å². The Hall–Kier alpha value is -1.55. The van der Waals surface area contributed by atoms with Gasteiger partial charge in [-0.2, -0.15) is 0 Å². The lowest BCUT2D eigenvalue weighted by Gasteiger charge is -2.31. The fourth-order valence-corrected chi connectivity index (χ4v) is 3.68. The summed E-state index contributed by atoms with van der Waals surface area (Å²) in [6.07, 6.45) is 7.80. The number of rotatable bonds is 4. The van der Waals surface area contributed by atoms with Crippen molar-refractivity contribution < 1.29 is 0 Å². The Kier molecular flexibility index (Phi) is 6.53. The molecule has 1 N–H and O–H groups in total. The number of hydrogen-bond donors (Lipinski definition) is 1. The van der Waals surface area contributed by atoms with E-state index >= 15 is 0 Å². The lowest BCUT2D eigenvalue weighted by Crippen LogP contribution is -2.40. The molecule has 1 aromatic rings. The largest absolute Gasteiger partial charge is 0.343 e. The van der Waals surface area contributed by atoms with Gasteiger partial charge in [0.25, 0.3) is 0 Å². The van der Waals surface area contributed by atoms with E-state index in [4.69, 9.17) is 4.99 Å². The first-order valence-corrected chi connectivity index (χ1v) is 9.61. The van der Waals surface area contributed by atoms with Crippen LogP contribution in [0.3, 0.4) is 0 Å². The van der Waals surface area contributed by atoms with Crippen LogP contribution in [0.2, 0.25) is 0 Å². The average molecular weight is 329 g/mol. The van der Waals surface area contributed by atoms with Gasteiger partial charge in [-0.3, -0.25) is 4.99 Å². The maximum Gasteiger partial charge on any atom is 0.198 e. The molecule has 2 aliphatic rings. The fraction of sp³-hybridized carbons (Fsp3) is 0.650. The highest BCUT2D eigenvalue weighted by Crippen LogP contribution is 2.20. The zero-order valence-electron chi connectivity index (χ0n) is 15.1. The van der Waals surface area contributed by atoms with Gasteiger partial charge in [-0.15, -0.1) is 0 Å². The molecule has 0 radical (unpaired) electrons. The molecular formula is C20H32N4. The molecule has 24 heavy (non-hydrogen) atoms. The molecular weight excluding hydrogens is 296 g/mol. The second-order valence-corrected chi connectivity index (χ2v) is 7.28. The molecule has 0 bridgehead atoms. The number of aliphatic imine (C=N–C) groups is 1. The van der Waals surface area contributed by atoms with E-state index in [1.165, 1.54) is 51.6 Å². The van der Waals surface area contributed by atoms with Crippen LogP contribution in [0, 0.1) is 5.92 Å². The Morgan fingerprint density at radius 1 is 1.04 bits per heavy atom. The molecule has 4 nitrogen and oxygen atoms in total. The van der Waals surface area contributed by atoms with Gasteiger partial charge < -0.3 is 15.1 Å². The minimum atomic E-state index is 0.851. The first kappa shape index (κ1) is 17.3. The summed E-state index contributed by atoms with van der Waals surface area (Å²) in [5.41, 5.74) is 1.14. The number of likely N-dealkylation sites (tertiary alicyclic amines) is 2. The van der Waals surface area contributed by atoms with Crippen molar-refractivity contribution in [3.05, 3.63) is 30.3 Å². The standard InChI is InChI=1S/C20H32N4/c1-23-16-11-18(12-17-23)10-13-21-20(24-14-6-3-7-15-24)22-19-8-4-2-5-9-19/h2,4-5,8-9,18H,3,6-7,10-17H2,1H3,(H,21,22). The van der Waals surface area contributed by atoms with Crippen molar-refractivity contribution in [2.24, 2.45) is 10.9 Å². The molecule has 0 amide bonds. The molecule has 0 spiro atoms. The van der Waals surface area contributed by atoms with Gasteiger partial charge >= 0.3 is 0 Å². The van der Waals surface area contributed by atoms with E-state index in [1.807, 2.05) is 0 Å². The molecule has 0 atom stereocenters. The van der Waals surface area contributed by atoms with Crippen LogP contribution >= 0.6 is 0 Å². The number of benzene rings is 1. The highest BCUT2D eigenvalue weighted by atomic mass is 15.3. The molecule has 0 aliphatic carbocycles. The highest BCUT2D eigenvalue weighted by molar-refractivity contribution is 5.93. The van der Waals surface area contributed by atoms with E-state index in [2.05, 4.69) is 52.5 Å². The number of para-hydroxylation sites is 1. The van der Waals surface area contributed by atoms with Crippen molar-refractivity contribution >= 4 is 11.6 Å². The van der Waals surface area contributed by atoms with Crippen LogP contribution in [-0.4, -0.2) is 55.5 Å². The Labute approximate surface area is 146 Å². The zero-order chi connectivity index (χ0) is 16.6. The number of anilines is 1. The van der Waals surface area contributed by atoms with Crippen molar-refractivity contribution in [2.75, 3.05) is 45.1 Å². The van der Waals surface area contributed by atoms with Crippen LogP contribution in [0.4, 0.5) is 5.69 Å². The first-order valence-electron chi connectivity index (χ1n) is 9.61. The summed E-state index contributed by atoms with van der Waals surface area (Å²) in [4.78, 5) is 9.85. The molecule has 1 aromatic carbocycles. The van der Waals surface area contributed by atoms with Crippen LogP contribution in [0.5, 0.6) is 0 Å². The fourth-order valence-electron chi connectivity index (χ4n) is 3.68. The monoisotopic (exact) mass is 328 g/mol. The van der Waals surface area contributed by atoms with Gasteiger partial charge in [-0.1, -0.05) is 18.2 Å². The Morgan fingerprint density at radius 2 is 1.75 bits per heavy atom. The van der Waals surface area contributed by atoms with Gasteiger partial charge in [0.2, 0.25) is 0 Å². The molecule has 2 heterocycles. The van der Waals surface area contributed by atoms with E-state index < -0.39 is 0 Å². The summed E-state index contributed by atoms with van der Waals surface area (Å²) in [6.45, 7) is 5.70. The second-order valence-electron chi connectivity index (χ2n) is 7.28. The summed E-state index contributed by atoms with van der Waals surface area (Å²) in [7, 11) is 2.23. The van der Waals surface area contributed by atoms with Crippen LogP contribution in [0.1, 0.15) is 38.5 Å². The van der Waals surface area contributed by atoms with Crippen molar-refractivity contribution in [2.45, 2.75) is 38.5 Å². The van der Waals surface area contributed by atoms with Crippen molar-refractivity contribution in [1.29, 1.82) is 0 Å². The second kappa shape index (κ2) is 9.07. The summed E-state index contributed by atoms with van der Waals surface area (Å²) in [5, 5.41) is 3.56. The lowest BCUT2D eigenvalue weighted by atomic mass is 9.94. The van der Waals surface area contributed by atoms with Gasteiger partial charge in [0.15, 0.2) is 5.96 Å². The molecule has 4 heteroatoms. The smallest absolute Gasteiger partial charge is 0.198 e. The third kappa shape index (κ3) is 5.23. The summed E-state index contributed by atoms with van der Waals surface area (Å²) in [6, 6.07) is 10.5. The lowest BCUT2D eigenvalue weighted by molar-refractivity contribution is 0.214. The SMILES string of the molecule is CN1CCC(CCN=C(Nc2ccccc2)N2CCCCC2)CC1. The Bertz CT molecular complexity index is 500. The maximum absolute atomic E-state index is 4.97. The van der Waals surface area contributed by atoms with Gasteiger partial charge in [0, 0.05) is 25.3 Å². The van der Waals surface area contributed by atoms with Crippen molar-refractivity contribution in [3.8, 4) is 0 Å². The number of guanidine groups is 1. The normalized spacial score (nSPS) is 21.0. The van der Waals surface area contributed by atoms with Crippen LogP contribution in [0.15, 0.2) is 35.3 Å². The molecule has 2 saturated heterocycles. The number of hydrogen-bond acceptors (Lipinski definition) is 2. The topological polar surface area (TPSA) is 30.9 Å². The summed E-state index contributed by atoms with van der Waals surface area (Å²) in [5.74, 6) is 1.93. The van der Waals surface area contributed by atoms with Crippen LogP contribution in [-0.2, 0) is 0 Å². The van der Waals surface area contributed by atoms with E-state index in [0.717, 1.165) is 37.2 Å². The maximum atomic E-state index is 4.97. The molecule has 2 fully saturated rings. The van der Waals surface area contributed by atoms with Gasteiger partial charge in [0.1, 0.15) is 0 Å². The summed E-state index contributed by atoms with van der Waals surface area (Å²) >= 11 is 0. The van der Waals surface area contributed by atoms with E-state index in [9.17, 15) is 0 Å². The van der Waals surface area contributed by atoms with E-state index in [0.29, 0.717) is 0 Å². The molecule has 0 aromatic heterocycles. The van der Waals surface area contributed by atoms with Crippen LogP contribution < -0.4 is 5.32 Å². The highest BCUT2D eigenvalue weighted by Gasteiger charge is 2.18. The molecule has 0 saturated carbocycles. The third-order valence-corrected chi connectivity index (χ3v) is 5.32.